The molecule has 4 heterocycles. The lowest BCUT2D eigenvalue weighted by atomic mass is 10.1. The number of thiophene rings is 1. The van der Waals surface area contributed by atoms with Crippen LogP contribution in [0.3, 0.4) is 0 Å². The average molecular weight is 489 g/mol. The van der Waals surface area contributed by atoms with Crippen molar-refractivity contribution in [1.29, 1.82) is 0 Å². The number of imide groups is 1. The molecule has 5 rings (SSSR count). The van der Waals surface area contributed by atoms with Gasteiger partial charge in [0.05, 0.1) is 27.5 Å². The van der Waals surface area contributed by atoms with E-state index in [1.54, 1.807) is 44.2 Å². The van der Waals surface area contributed by atoms with Gasteiger partial charge in [0.15, 0.2) is 5.52 Å². The second-order valence-corrected chi connectivity index (χ2v) is 10.6. The molecule has 1 N–H and O–H groups in total. The lowest BCUT2D eigenvalue weighted by Gasteiger charge is -2.17. The topological polar surface area (TPSA) is 122 Å². The molecule has 2 amide bonds. The Morgan fingerprint density at radius 2 is 1.69 bits per heavy atom. The fourth-order valence-electron chi connectivity index (χ4n) is 3.42. The smallest absolute Gasteiger partial charge is 0.311 e. The number of hydrogen-bond acceptors (Lipinski definition) is 8. The van der Waals surface area contributed by atoms with Gasteiger partial charge >= 0.3 is 6.01 Å². The third-order valence-corrected chi connectivity index (χ3v) is 8.03. The highest BCUT2D eigenvalue weighted by Crippen LogP contribution is 2.39. The first kappa shape index (κ1) is 20.6. The molecule has 0 fully saturated rings. The standard InChI is InChI=1S/C20H13ClN4O5S2/c1-9-7-8-13(31-9)32(28,29)24-20-23-15-14(21)16(10(2)22-17(15)30-20)25-18(26)11-5-3-4-6-12(11)19(25)27/h3-8H,1-2H3,(H,23,24). The van der Waals surface area contributed by atoms with Crippen LogP contribution in [0.2, 0.25) is 5.02 Å². The number of aromatic nitrogens is 2. The molecular weight excluding hydrogens is 476 g/mol. The van der Waals surface area contributed by atoms with E-state index in [1.165, 1.54) is 6.07 Å². The van der Waals surface area contributed by atoms with E-state index in [2.05, 4.69) is 14.7 Å². The highest BCUT2D eigenvalue weighted by Gasteiger charge is 2.39. The van der Waals surface area contributed by atoms with Gasteiger partial charge in [-0.2, -0.15) is 4.98 Å². The molecular formula is C20H13ClN4O5S2. The third-order valence-electron chi connectivity index (χ3n) is 4.86. The highest BCUT2D eigenvalue weighted by atomic mass is 35.5. The van der Waals surface area contributed by atoms with Gasteiger partial charge in [-0.15, -0.1) is 11.3 Å². The number of carbonyl (C=O) groups excluding carboxylic acids is 2. The van der Waals surface area contributed by atoms with Crippen LogP contribution >= 0.6 is 22.9 Å². The molecule has 162 valence electrons. The molecule has 9 nitrogen and oxygen atoms in total. The quantitative estimate of drug-likeness (QED) is 0.428. The number of rotatable bonds is 4. The molecule has 0 spiro atoms. The van der Waals surface area contributed by atoms with Crippen molar-refractivity contribution in [2.45, 2.75) is 18.1 Å². The molecule has 32 heavy (non-hydrogen) atoms. The van der Waals surface area contributed by atoms with Crippen LogP contribution in [-0.2, 0) is 10.0 Å². The second kappa shape index (κ2) is 7.12. The number of sulfonamides is 1. The van der Waals surface area contributed by atoms with Gasteiger partial charge in [0, 0.05) is 4.88 Å². The summed E-state index contributed by atoms with van der Waals surface area (Å²) >= 11 is 7.62. The summed E-state index contributed by atoms with van der Waals surface area (Å²) in [4.78, 5) is 35.9. The summed E-state index contributed by atoms with van der Waals surface area (Å²) in [5.41, 5.74) is 0.816. The molecule has 4 aromatic rings. The number of pyridine rings is 1. The summed E-state index contributed by atoms with van der Waals surface area (Å²) in [6, 6.07) is 9.25. The maximum Gasteiger partial charge on any atom is 0.311 e. The average Bonchev–Trinajstić information content (AvgIpc) is 3.41. The summed E-state index contributed by atoms with van der Waals surface area (Å²) in [6.07, 6.45) is 0. The minimum atomic E-state index is -3.92. The van der Waals surface area contributed by atoms with E-state index in [1.807, 2.05) is 0 Å². The van der Waals surface area contributed by atoms with Gasteiger partial charge in [0.2, 0.25) is 0 Å². The molecule has 0 radical (unpaired) electrons. The molecule has 0 saturated carbocycles. The van der Waals surface area contributed by atoms with Crippen molar-refractivity contribution in [3.63, 3.8) is 0 Å². The number of benzene rings is 1. The van der Waals surface area contributed by atoms with Crippen molar-refractivity contribution in [3.05, 3.63) is 63.1 Å². The summed E-state index contributed by atoms with van der Waals surface area (Å²) in [5, 5.41) is -0.0526. The first-order chi connectivity index (χ1) is 15.2. The Kier molecular flexibility index (Phi) is 4.59. The molecule has 0 bridgehead atoms. The van der Waals surface area contributed by atoms with E-state index in [4.69, 9.17) is 16.0 Å². The Balaban J connectivity index is 1.58. The number of anilines is 2. The number of oxazole rings is 1. The van der Waals surface area contributed by atoms with Gasteiger partial charge in [-0.25, -0.2) is 23.0 Å². The molecule has 0 atom stereocenters. The van der Waals surface area contributed by atoms with E-state index >= 15 is 0 Å². The van der Waals surface area contributed by atoms with Crippen LogP contribution in [0.15, 0.2) is 45.0 Å². The Morgan fingerprint density at radius 3 is 2.28 bits per heavy atom. The molecule has 0 saturated heterocycles. The second-order valence-electron chi connectivity index (χ2n) is 6.99. The predicted octanol–water partition coefficient (Wildman–Crippen LogP) is 4.16. The summed E-state index contributed by atoms with van der Waals surface area (Å²) in [6.45, 7) is 3.35. The van der Waals surface area contributed by atoms with Crippen LogP contribution in [0, 0.1) is 13.8 Å². The van der Waals surface area contributed by atoms with Crippen LogP contribution < -0.4 is 9.62 Å². The molecule has 0 unspecified atom stereocenters. The minimum Gasteiger partial charge on any atom is -0.404 e. The molecule has 1 aliphatic rings. The zero-order valence-corrected chi connectivity index (χ0v) is 18.9. The van der Waals surface area contributed by atoms with Crippen molar-refractivity contribution in [2.24, 2.45) is 0 Å². The van der Waals surface area contributed by atoms with Crippen molar-refractivity contribution < 1.29 is 22.4 Å². The molecule has 3 aromatic heterocycles. The Hall–Kier alpha value is -3.28. The molecule has 1 aromatic carbocycles. The van der Waals surface area contributed by atoms with Gasteiger partial charge in [0.25, 0.3) is 27.6 Å². The van der Waals surface area contributed by atoms with Gasteiger partial charge in [-0.3, -0.25) is 9.59 Å². The Labute approximate surface area is 190 Å². The monoisotopic (exact) mass is 488 g/mol. The normalized spacial score (nSPS) is 13.8. The van der Waals surface area contributed by atoms with E-state index in [9.17, 15) is 18.0 Å². The fourth-order valence-corrected chi connectivity index (χ4v) is 5.98. The van der Waals surface area contributed by atoms with Crippen LogP contribution in [0.4, 0.5) is 11.7 Å². The lowest BCUT2D eigenvalue weighted by Crippen LogP contribution is -2.30. The minimum absolute atomic E-state index is 0.0175. The molecule has 12 heteroatoms. The lowest BCUT2D eigenvalue weighted by molar-refractivity contribution is 0.0925. The predicted molar refractivity (Wildman–Crippen MR) is 119 cm³/mol. The van der Waals surface area contributed by atoms with Gasteiger partial charge in [-0.05, 0) is 38.1 Å². The maximum atomic E-state index is 12.9. The number of nitrogens with zero attached hydrogens (tertiary/aromatic N) is 3. The van der Waals surface area contributed by atoms with E-state index < -0.39 is 21.8 Å². The van der Waals surface area contributed by atoms with Gasteiger partial charge in [-0.1, -0.05) is 23.7 Å². The summed E-state index contributed by atoms with van der Waals surface area (Å²) < 4.78 is 33.0. The van der Waals surface area contributed by atoms with Crippen molar-refractivity contribution in [3.8, 4) is 0 Å². The summed E-state index contributed by atoms with van der Waals surface area (Å²) in [5.74, 6) is -1.07. The van der Waals surface area contributed by atoms with Crippen molar-refractivity contribution in [1.82, 2.24) is 9.97 Å². The number of hydrogen-bond donors (Lipinski definition) is 1. The van der Waals surface area contributed by atoms with Crippen molar-refractivity contribution >= 4 is 67.7 Å². The van der Waals surface area contributed by atoms with Crippen LogP contribution in [0.25, 0.3) is 11.2 Å². The SMILES string of the molecule is Cc1ccc(S(=O)(=O)Nc2nc3c(Cl)c(N4C(=O)c5ccccc5C4=O)c(C)nc3o2)s1. The summed E-state index contributed by atoms with van der Waals surface area (Å²) in [7, 11) is -3.92. The number of amides is 2. The maximum absolute atomic E-state index is 12.9. The van der Waals surface area contributed by atoms with Crippen LogP contribution in [0.5, 0.6) is 0 Å². The van der Waals surface area contributed by atoms with E-state index in [-0.39, 0.29) is 49.0 Å². The third kappa shape index (κ3) is 3.08. The first-order valence-corrected chi connectivity index (χ1v) is 11.9. The van der Waals surface area contributed by atoms with Crippen LogP contribution in [0.1, 0.15) is 31.3 Å². The number of aryl methyl sites for hydroxylation is 2. The van der Waals surface area contributed by atoms with Crippen LogP contribution in [-0.4, -0.2) is 30.2 Å². The molecule has 0 aliphatic carbocycles. The van der Waals surface area contributed by atoms with E-state index in [0.717, 1.165) is 21.1 Å². The number of carbonyl (C=O) groups is 2. The fraction of sp³-hybridized carbons (Fsp3) is 0.100. The largest absolute Gasteiger partial charge is 0.404 e. The van der Waals surface area contributed by atoms with Crippen molar-refractivity contribution in [2.75, 3.05) is 9.62 Å². The number of nitrogens with one attached hydrogen (secondary N) is 1. The number of halogens is 1. The zero-order chi connectivity index (χ0) is 22.8. The van der Waals surface area contributed by atoms with E-state index in [0.29, 0.717) is 0 Å². The van der Waals surface area contributed by atoms with Gasteiger partial charge < -0.3 is 4.42 Å². The van der Waals surface area contributed by atoms with Gasteiger partial charge in [0.1, 0.15) is 4.21 Å². The Morgan fingerprint density at radius 1 is 1.03 bits per heavy atom. The Bertz CT molecular complexity index is 1520. The zero-order valence-electron chi connectivity index (χ0n) is 16.5. The highest BCUT2D eigenvalue weighted by molar-refractivity contribution is 7.94. The number of fused-ring (bicyclic) bond motifs is 2. The first-order valence-electron chi connectivity index (χ1n) is 9.21. The molecule has 1 aliphatic heterocycles.